The molecule has 0 spiro atoms. The smallest absolute Gasteiger partial charge is 0.493 e. The zero-order valence-corrected chi connectivity index (χ0v) is 27.8. The van der Waals surface area contributed by atoms with Gasteiger partial charge in [-0.15, -0.1) is 5.10 Å². The van der Waals surface area contributed by atoms with Crippen molar-refractivity contribution in [3.05, 3.63) is 101 Å². The Bertz CT molecular complexity index is 2170. The summed E-state index contributed by atoms with van der Waals surface area (Å²) < 4.78 is 47.6. The Labute approximate surface area is 283 Å². The van der Waals surface area contributed by atoms with Crippen molar-refractivity contribution < 1.29 is 51.9 Å². The van der Waals surface area contributed by atoms with Gasteiger partial charge in [0.25, 0.3) is 5.91 Å². The molecular formula is C32H30FN6O10P. The zero-order valence-electron chi connectivity index (χ0n) is 26.9. The Balaban J connectivity index is 1.41. The number of hydrogen-bond acceptors (Lipinski definition) is 12. The number of aryl methyl sites for hydroxylation is 2. The summed E-state index contributed by atoms with van der Waals surface area (Å²) in [5, 5.41) is 4.04. The highest BCUT2D eigenvalue weighted by molar-refractivity contribution is 7.46. The number of carbonyl (C=O) groups excluding carboxylic acids is 3. The van der Waals surface area contributed by atoms with Gasteiger partial charge in [0, 0.05) is 23.5 Å². The molecule has 0 aliphatic rings. The molecule has 18 heteroatoms. The van der Waals surface area contributed by atoms with Crippen molar-refractivity contribution in [2.45, 2.75) is 26.8 Å². The van der Waals surface area contributed by atoms with Gasteiger partial charge in [-0.25, -0.2) is 28.0 Å². The van der Waals surface area contributed by atoms with E-state index in [4.69, 9.17) is 29.7 Å². The van der Waals surface area contributed by atoms with Crippen LogP contribution in [0.3, 0.4) is 0 Å². The van der Waals surface area contributed by atoms with Crippen LogP contribution in [0, 0.1) is 19.7 Å². The van der Waals surface area contributed by atoms with E-state index in [1.54, 1.807) is 32.2 Å². The molecule has 1 atom stereocenters. The number of nitrogens with two attached hydrogens (primary N) is 1. The zero-order chi connectivity index (χ0) is 36.3. The van der Waals surface area contributed by atoms with Crippen LogP contribution < -0.4 is 15.0 Å². The molecule has 2 amide bonds. The summed E-state index contributed by atoms with van der Waals surface area (Å²) in [4.78, 5) is 67.8. The molecule has 4 N–H and O–H groups in total. The van der Waals surface area contributed by atoms with E-state index in [9.17, 15) is 18.9 Å². The van der Waals surface area contributed by atoms with Gasteiger partial charge in [0.2, 0.25) is 12.7 Å². The molecule has 0 unspecified atom stereocenters. The quantitative estimate of drug-likeness (QED) is 0.101. The first kappa shape index (κ1) is 35.4. The minimum absolute atomic E-state index is 0.00178. The second kappa shape index (κ2) is 14.3. The average Bonchev–Trinajstić information content (AvgIpc) is 3.44. The van der Waals surface area contributed by atoms with E-state index in [0.717, 1.165) is 18.2 Å². The van der Waals surface area contributed by atoms with Crippen molar-refractivity contribution in [1.82, 2.24) is 24.5 Å². The molecule has 3 heterocycles. The number of carbonyl (C=O) groups is 3. The maximum absolute atomic E-state index is 15.1. The van der Waals surface area contributed by atoms with Crippen LogP contribution in [0.5, 0.6) is 11.5 Å². The molecular weight excluding hydrogens is 678 g/mol. The number of methoxy groups -OCH3 is 1. The minimum Gasteiger partial charge on any atom is -0.493 e. The Kier molecular flexibility index (Phi) is 10.1. The van der Waals surface area contributed by atoms with Crippen LogP contribution in [-0.2, 0) is 14.0 Å². The lowest BCUT2D eigenvalue weighted by molar-refractivity contribution is -0.0131. The van der Waals surface area contributed by atoms with Gasteiger partial charge >= 0.3 is 19.9 Å². The molecule has 0 saturated carbocycles. The highest BCUT2D eigenvalue weighted by atomic mass is 31.2. The van der Waals surface area contributed by atoms with Gasteiger partial charge in [-0.2, -0.15) is 4.98 Å². The van der Waals surface area contributed by atoms with Crippen molar-refractivity contribution in [3.63, 3.8) is 0 Å². The number of halogens is 1. The Morgan fingerprint density at radius 2 is 1.78 bits per heavy atom. The molecule has 0 fully saturated rings. The predicted molar refractivity (Wildman–Crippen MR) is 174 cm³/mol. The lowest BCUT2D eigenvalue weighted by atomic mass is 10.0. The number of nitrogen functional groups attached to an aromatic ring is 1. The molecule has 5 aromatic rings. The van der Waals surface area contributed by atoms with Gasteiger partial charge in [0.1, 0.15) is 5.82 Å². The fraction of sp³-hybridized carbons (Fsp3) is 0.188. The minimum atomic E-state index is -4.93. The maximum Gasteiger partial charge on any atom is 0.524 e. The third-order valence-electron chi connectivity index (χ3n) is 7.40. The maximum atomic E-state index is 15.1. The molecule has 0 aliphatic heterocycles. The summed E-state index contributed by atoms with van der Waals surface area (Å²) in [6, 6.07) is 11.2. The van der Waals surface area contributed by atoms with Crippen LogP contribution in [-0.4, -0.2) is 66.1 Å². The van der Waals surface area contributed by atoms with Gasteiger partial charge in [0.15, 0.2) is 17.1 Å². The first-order valence-electron chi connectivity index (χ1n) is 14.6. The van der Waals surface area contributed by atoms with Gasteiger partial charge in [-0.05, 0) is 68.8 Å². The van der Waals surface area contributed by atoms with Crippen molar-refractivity contribution in [3.8, 4) is 22.6 Å². The van der Waals surface area contributed by atoms with E-state index in [2.05, 4.69) is 19.6 Å². The fourth-order valence-corrected chi connectivity index (χ4v) is 5.35. The van der Waals surface area contributed by atoms with Gasteiger partial charge < -0.3 is 24.5 Å². The van der Waals surface area contributed by atoms with Gasteiger partial charge in [0.05, 0.1) is 30.0 Å². The fourth-order valence-electron chi connectivity index (χ4n) is 4.94. The van der Waals surface area contributed by atoms with E-state index in [-0.39, 0.29) is 39.8 Å². The molecule has 3 aromatic heterocycles. The van der Waals surface area contributed by atoms with Crippen LogP contribution in [0.1, 0.15) is 50.5 Å². The molecule has 0 aliphatic carbocycles. The number of ether oxygens (including phenoxy) is 3. The van der Waals surface area contributed by atoms with Crippen molar-refractivity contribution >= 4 is 37.4 Å². The van der Waals surface area contributed by atoms with Crippen LogP contribution >= 0.6 is 7.82 Å². The highest BCUT2D eigenvalue weighted by Crippen LogP contribution is 2.42. The Hall–Kier alpha value is -5.90. The lowest BCUT2D eigenvalue weighted by Gasteiger charge is -2.28. The number of fused-ring (bicyclic) bond motifs is 1. The van der Waals surface area contributed by atoms with E-state index in [1.165, 1.54) is 49.0 Å². The molecule has 0 radical (unpaired) electrons. The van der Waals surface area contributed by atoms with Crippen LogP contribution in [0.2, 0.25) is 0 Å². The highest BCUT2D eigenvalue weighted by Gasteiger charge is 2.33. The first-order valence-corrected chi connectivity index (χ1v) is 16.1. The molecule has 50 heavy (non-hydrogen) atoms. The number of phosphoric acid groups is 1. The van der Waals surface area contributed by atoms with Crippen LogP contribution in [0.4, 0.5) is 15.1 Å². The average molecular weight is 709 g/mol. The molecule has 2 aromatic carbocycles. The van der Waals surface area contributed by atoms with Crippen molar-refractivity contribution in [2.24, 2.45) is 0 Å². The van der Waals surface area contributed by atoms with Gasteiger partial charge in [-0.3, -0.25) is 19.6 Å². The second-order valence-electron chi connectivity index (χ2n) is 10.8. The second-order valence-corrected chi connectivity index (χ2v) is 12.0. The summed E-state index contributed by atoms with van der Waals surface area (Å²) in [6.45, 7) is 3.75. The predicted octanol–water partition coefficient (Wildman–Crippen LogP) is 4.76. The topological polar surface area (TPSA) is 218 Å². The Morgan fingerprint density at radius 1 is 1.02 bits per heavy atom. The number of amides is 2. The number of nitrogens with zero attached hydrogens (tertiary/aromatic N) is 5. The number of hydrogen-bond donors (Lipinski definition) is 3. The van der Waals surface area contributed by atoms with E-state index < -0.39 is 44.4 Å². The molecule has 5 rings (SSSR count). The third kappa shape index (κ3) is 7.86. The van der Waals surface area contributed by atoms with Crippen molar-refractivity contribution in [1.29, 1.82) is 0 Å². The summed E-state index contributed by atoms with van der Waals surface area (Å²) in [6.07, 6.45) is 1.90. The van der Waals surface area contributed by atoms with Crippen LogP contribution in [0.15, 0.2) is 67.0 Å². The standard InChI is InChI=1S/C32H30FN6O10P/c1-17-5-7-25(33)24(11-17)19(3)39(32(42)48-16-47-30(41)21-6-8-26(27(13-21)46-4)49-50(43,44)45)29(40)23-12-22(15-35-18(23)2)20-9-10-38-28(14-20)36-31(34)37-38/h5-15,19H,16H2,1-4H3,(H2,34,37)(H2,43,44,45)/t19-/m1/s1. The number of imide groups is 1. The first-order chi connectivity index (χ1) is 23.6. The molecule has 0 saturated heterocycles. The Morgan fingerprint density at radius 3 is 2.50 bits per heavy atom. The van der Waals surface area contributed by atoms with Gasteiger partial charge in [-0.1, -0.05) is 17.7 Å². The van der Waals surface area contributed by atoms with E-state index in [0.29, 0.717) is 27.2 Å². The normalized spacial score (nSPS) is 11.9. The number of pyridine rings is 2. The number of esters is 1. The summed E-state index contributed by atoms with van der Waals surface area (Å²) in [7, 11) is -3.74. The molecule has 0 bridgehead atoms. The summed E-state index contributed by atoms with van der Waals surface area (Å²) in [5.74, 6) is -3.03. The number of rotatable bonds is 10. The number of phosphoric ester groups is 1. The van der Waals surface area contributed by atoms with E-state index in [1.807, 2.05) is 0 Å². The van der Waals surface area contributed by atoms with Crippen LogP contribution in [0.25, 0.3) is 16.8 Å². The lowest BCUT2D eigenvalue weighted by Crippen LogP contribution is -2.40. The summed E-state index contributed by atoms with van der Waals surface area (Å²) >= 11 is 0. The third-order valence-corrected chi connectivity index (χ3v) is 7.83. The molecule has 16 nitrogen and oxygen atoms in total. The number of anilines is 1. The number of benzene rings is 2. The van der Waals surface area contributed by atoms with Crippen molar-refractivity contribution in [2.75, 3.05) is 19.6 Å². The SMILES string of the molecule is COc1cc(C(=O)OCOC(=O)N(C(=O)c2cc(-c3ccn4nc(N)nc4c3)cnc2C)[C@H](C)c2cc(C)ccc2F)ccc1OP(=O)(O)O. The summed E-state index contributed by atoms with van der Waals surface area (Å²) in [5.41, 5.74) is 8.05. The van der Waals surface area contributed by atoms with E-state index >= 15 is 4.39 Å². The monoisotopic (exact) mass is 708 g/mol. The largest absolute Gasteiger partial charge is 0.524 e. The molecule has 260 valence electrons. The number of aromatic nitrogens is 4.